The van der Waals surface area contributed by atoms with E-state index in [-0.39, 0.29) is 5.75 Å². The summed E-state index contributed by atoms with van der Waals surface area (Å²) in [6.45, 7) is 0. The zero-order valence-corrected chi connectivity index (χ0v) is 10.8. The molecule has 2 N–H and O–H groups in total. The van der Waals surface area contributed by atoms with Gasteiger partial charge in [-0.15, -0.1) is 0 Å². The molecule has 0 aliphatic rings. The van der Waals surface area contributed by atoms with Crippen molar-refractivity contribution < 1.29 is 5.11 Å². The zero-order chi connectivity index (χ0) is 13.0. The molecule has 0 aliphatic carbocycles. The molecular weight excluding hydrogens is 271 g/mol. The van der Waals surface area contributed by atoms with Gasteiger partial charge in [0, 0.05) is 0 Å². The van der Waals surface area contributed by atoms with Gasteiger partial charge >= 0.3 is 0 Å². The number of hydrogen-bond donors (Lipinski definition) is 2. The largest absolute Gasteiger partial charge is 0.508 e. The lowest BCUT2D eigenvalue weighted by molar-refractivity contribution is 0.475. The molecule has 0 unspecified atom stereocenters. The Labute approximate surface area is 115 Å². The highest BCUT2D eigenvalue weighted by Gasteiger charge is 1.97. The van der Waals surface area contributed by atoms with Crippen molar-refractivity contribution in [2.24, 2.45) is 5.10 Å². The molecule has 92 valence electrons. The monoisotopic (exact) mass is 280 g/mol. The van der Waals surface area contributed by atoms with Crippen LogP contribution in [0.2, 0.25) is 10.0 Å². The Bertz CT molecular complexity index is 585. The van der Waals surface area contributed by atoms with E-state index in [0.29, 0.717) is 10.0 Å². The van der Waals surface area contributed by atoms with Crippen molar-refractivity contribution >= 4 is 35.1 Å². The van der Waals surface area contributed by atoms with Crippen LogP contribution in [0.25, 0.3) is 0 Å². The average Bonchev–Trinajstić information content (AvgIpc) is 2.34. The van der Waals surface area contributed by atoms with E-state index >= 15 is 0 Å². The van der Waals surface area contributed by atoms with Gasteiger partial charge in [-0.05, 0) is 35.9 Å². The van der Waals surface area contributed by atoms with Gasteiger partial charge in [-0.2, -0.15) is 5.10 Å². The summed E-state index contributed by atoms with van der Waals surface area (Å²) in [6.07, 6.45) is 1.60. The Morgan fingerprint density at radius 2 is 1.89 bits per heavy atom. The van der Waals surface area contributed by atoms with Gasteiger partial charge in [-0.25, -0.2) is 0 Å². The summed E-state index contributed by atoms with van der Waals surface area (Å²) in [7, 11) is 0. The molecule has 3 nitrogen and oxygen atoms in total. The number of nitrogens with one attached hydrogen (secondary N) is 1. The van der Waals surface area contributed by atoms with E-state index in [0.717, 1.165) is 11.3 Å². The third-order valence-electron chi connectivity index (χ3n) is 2.20. The van der Waals surface area contributed by atoms with Gasteiger partial charge in [-0.1, -0.05) is 35.3 Å². The molecule has 0 saturated carbocycles. The van der Waals surface area contributed by atoms with Crippen molar-refractivity contribution in [1.82, 2.24) is 0 Å². The molecule has 0 atom stereocenters. The van der Waals surface area contributed by atoms with Crippen LogP contribution in [-0.4, -0.2) is 11.3 Å². The van der Waals surface area contributed by atoms with Crippen molar-refractivity contribution in [2.75, 3.05) is 5.43 Å². The van der Waals surface area contributed by atoms with E-state index in [1.165, 1.54) is 0 Å². The third-order valence-corrected chi connectivity index (χ3v) is 2.94. The number of anilines is 1. The van der Waals surface area contributed by atoms with Crippen molar-refractivity contribution in [3.05, 3.63) is 58.1 Å². The van der Waals surface area contributed by atoms with Crippen LogP contribution in [0.1, 0.15) is 5.56 Å². The first kappa shape index (κ1) is 12.7. The van der Waals surface area contributed by atoms with Crippen LogP contribution >= 0.6 is 23.2 Å². The van der Waals surface area contributed by atoms with Gasteiger partial charge in [0.05, 0.1) is 21.9 Å². The lowest BCUT2D eigenvalue weighted by Gasteiger charge is -2.01. The van der Waals surface area contributed by atoms with E-state index in [1.54, 1.807) is 42.6 Å². The Hall–Kier alpha value is -1.71. The Balaban J connectivity index is 2.05. The summed E-state index contributed by atoms with van der Waals surface area (Å²) in [5.74, 6) is 0.202. The molecule has 0 saturated heterocycles. The van der Waals surface area contributed by atoms with Gasteiger partial charge in [0.15, 0.2) is 0 Å². The summed E-state index contributed by atoms with van der Waals surface area (Å²) in [6, 6.07) is 11.9. The maximum atomic E-state index is 9.28. The highest BCUT2D eigenvalue weighted by molar-refractivity contribution is 6.42. The van der Waals surface area contributed by atoms with Crippen molar-refractivity contribution in [1.29, 1.82) is 0 Å². The minimum atomic E-state index is 0.202. The number of phenols is 1. The normalized spacial score (nSPS) is 10.8. The third kappa shape index (κ3) is 3.39. The summed E-state index contributed by atoms with van der Waals surface area (Å²) in [4.78, 5) is 0. The van der Waals surface area contributed by atoms with Crippen LogP contribution in [0.5, 0.6) is 5.75 Å². The molecule has 0 aliphatic heterocycles. The number of halogens is 2. The Morgan fingerprint density at radius 1 is 1.06 bits per heavy atom. The summed E-state index contributed by atoms with van der Waals surface area (Å²) in [5.41, 5.74) is 4.36. The second kappa shape index (κ2) is 5.76. The van der Waals surface area contributed by atoms with Gasteiger partial charge < -0.3 is 5.11 Å². The average molecular weight is 281 g/mol. The summed E-state index contributed by atoms with van der Waals surface area (Å²) >= 11 is 11.7. The molecule has 0 spiro atoms. The maximum absolute atomic E-state index is 9.28. The number of hydrazone groups is 1. The quantitative estimate of drug-likeness (QED) is 0.655. The van der Waals surface area contributed by atoms with Crippen LogP contribution in [0.4, 0.5) is 5.69 Å². The molecule has 0 fully saturated rings. The number of aromatic hydroxyl groups is 1. The molecule has 2 rings (SSSR count). The fourth-order valence-corrected chi connectivity index (χ4v) is 1.65. The molecule has 5 heteroatoms. The molecule has 0 bridgehead atoms. The number of nitrogens with zero attached hydrogens (tertiary/aromatic N) is 1. The first-order valence-corrected chi connectivity index (χ1v) is 5.94. The predicted octanol–water partition coefficient (Wildman–Crippen LogP) is 4.15. The van der Waals surface area contributed by atoms with Crippen LogP contribution in [0.3, 0.4) is 0 Å². The van der Waals surface area contributed by atoms with Gasteiger partial charge in [0.1, 0.15) is 5.75 Å². The first-order valence-electron chi connectivity index (χ1n) is 5.18. The Kier molecular flexibility index (Phi) is 4.07. The molecular formula is C13H10Cl2N2O. The van der Waals surface area contributed by atoms with Crippen LogP contribution in [0.15, 0.2) is 47.6 Å². The van der Waals surface area contributed by atoms with Crippen molar-refractivity contribution in [2.45, 2.75) is 0 Å². The summed E-state index contributed by atoms with van der Waals surface area (Å²) < 4.78 is 0. The second-order valence-corrected chi connectivity index (χ2v) is 4.41. The molecule has 0 radical (unpaired) electrons. The number of phenolic OH excluding ortho intramolecular Hbond substituents is 1. The minimum absolute atomic E-state index is 0.202. The smallest absolute Gasteiger partial charge is 0.116 e. The second-order valence-electron chi connectivity index (χ2n) is 3.59. The number of hydrogen-bond acceptors (Lipinski definition) is 3. The van der Waals surface area contributed by atoms with E-state index in [9.17, 15) is 5.11 Å². The van der Waals surface area contributed by atoms with E-state index in [1.807, 2.05) is 6.07 Å². The fraction of sp³-hybridized carbons (Fsp3) is 0. The van der Waals surface area contributed by atoms with Crippen molar-refractivity contribution in [3.63, 3.8) is 0 Å². The zero-order valence-electron chi connectivity index (χ0n) is 9.27. The number of rotatable bonds is 3. The van der Waals surface area contributed by atoms with Gasteiger partial charge in [0.2, 0.25) is 0 Å². The minimum Gasteiger partial charge on any atom is -0.508 e. The SMILES string of the molecule is Oc1cccc(C=NNc2ccc(Cl)c(Cl)c2)c1. The Morgan fingerprint density at radius 3 is 2.61 bits per heavy atom. The van der Waals surface area contributed by atoms with E-state index in [2.05, 4.69) is 10.5 Å². The number of benzene rings is 2. The fourth-order valence-electron chi connectivity index (χ4n) is 1.35. The molecule has 2 aromatic rings. The van der Waals surface area contributed by atoms with Gasteiger partial charge in [0.25, 0.3) is 0 Å². The van der Waals surface area contributed by atoms with E-state index < -0.39 is 0 Å². The standard InChI is InChI=1S/C13H10Cl2N2O/c14-12-5-4-10(7-13(12)15)17-16-8-9-2-1-3-11(18)6-9/h1-8,17-18H. The molecule has 2 aromatic carbocycles. The van der Waals surface area contributed by atoms with E-state index in [4.69, 9.17) is 23.2 Å². The molecule has 0 amide bonds. The molecule has 0 aromatic heterocycles. The predicted molar refractivity (Wildman–Crippen MR) is 75.8 cm³/mol. The van der Waals surface area contributed by atoms with Crippen LogP contribution in [-0.2, 0) is 0 Å². The lowest BCUT2D eigenvalue weighted by atomic mass is 10.2. The highest BCUT2D eigenvalue weighted by Crippen LogP contribution is 2.24. The molecule has 0 heterocycles. The van der Waals surface area contributed by atoms with Crippen LogP contribution in [0, 0.1) is 0 Å². The van der Waals surface area contributed by atoms with Crippen LogP contribution < -0.4 is 5.43 Å². The lowest BCUT2D eigenvalue weighted by Crippen LogP contribution is -1.90. The van der Waals surface area contributed by atoms with Gasteiger partial charge in [-0.3, -0.25) is 5.43 Å². The topological polar surface area (TPSA) is 44.6 Å². The highest BCUT2D eigenvalue weighted by atomic mass is 35.5. The summed E-state index contributed by atoms with van der Waals surface area (Å²) in [5, 5.41) is 14.3. The first-order chi connectivity index (χ1) is 8.65. The molecule has 18 heavy (non-hydrogen) atoms. The van der Waals surface area contributed by atoms with Crippen molar-refractivity contribution in [3.8, 4) is 5.75 Å². The maximum Gasteiger partial charge on any atom is 0.116 e.